The molecule has 0 aromatic heterocycles. The molecule has 1 amide bonds. The molecule has 0 saturated carbocycles. The lowest BCUT2D eigenvalue weighted by molar-refractivity contribution is 0.1000. The van der Waals surface area contributed by atoms with E-state index in [1.54, 1.807) is 43.5 Å². The Labute approximate surface area is 152 Å². The summed E-state index contributed by atoms with van der Waals surface area (Å²) in [4.78, 5) is 11.0. The van der Waals surface area contributed by atoms with Crippen molar-refractivity contribution in [2.24, 2.45) is 5.73 Å². The van der Waals surface area contributed by atoms with E-state index in [0.717, 1.165) is 0 Å². The molecule has 4 N–H and O–H groups in total. The number of carbonyl (C=O) groups is 1. The van der Waals surface area contributed by atoms with Gasteiger partial charge in [0.05, 0.1) is 7.11 Å². The van der Waals surface area contributed by atoms with Crippen LogP contribution >= 0.6 is 0 Å². The van der Waals surface area contributed by atoms with Gasteiger partial charge in [-0.15, -0.1) is 0 Å². The van der Waals surface area contributed by atoms with Gasteiger partial charge in [0.15, 0.2) is 0 Å². The number of carbonyl (C=O) groups excluding carboxylic acids is 1. The minimum absolute atomic E-state index is 0.176. The van der Waals surface area contributed by atoms with Crippen LogP contribution in [0.2, 0.25) is 0 Å². The Balaban J connectivity index is 1.59. The van der Waals surface area contributed by atoms with E-state index in [-0.39, 0.29) is 6.61 Å². The highest BCUT2D eigenvalue weighted by Gasteiger charge is 2.06. The van der Waals surface area contributed by atoms with Gasteiger partial charge < -0.3 is 30.4 Å². The molecule has 26 heavy (non-hydrogen) atoms. The Morgan fingerprint density at radius 1 is 1.12 bits per heavy atom. The van der Waals surface area contributed by atoms with Crippen molar-refractivity contribution < 1.29 is 24.1 Å². The lowest BCUT2D eigenvalue weighted by atomic mass is 10.2. The van der Waals surface area contributed by atoms with Crippen molar-refractivity contribution in [1.29, 1.82) is 0 Å². The van der Waals surface area contributed by atoms with E-state index in [2.05, 4.69) is 5.32 Å². The second-order valence-corrected chi connectivity index (χ2v) is 5.59. The van der Waals surface area contributed by atoms with E-state index in [1.807, 2.05) is 12.1 Å². The molecule has 2 aromatic rings. The topological polar surface area (TPSA) is 103 Å². The summed E-state index contributed by atoms with van der Waals surface area (Å²) in [6, 6.07) is 13.8. The van der Waals surface area contributed by atoms with Crippen molar-refractivity contribution in [3.63, 3.8) is 0 Å². The van der Waals surface area contributed by atoms with E-state index >= 15 is 0 Å². The minimum atomic E-state index is -0.643. The molecule has 0 bridgehead atoms. The van der Waals surface area contributed by atoms with Gasteiger partial charge in [-0.05, 0) is 36.4 Å². The Morgan fingerprint density at radius 3 is 2.54 bits per heavy atom. The molecule has 0 unspecified atom stereocenters. The van der Waals surface area contributed by atoms with Crippen LogP contribution in [0.15, 0.2) is 48.5 Å². The summed E-state index contributed by atoms with van der Waals surface area (Å²) in [6.45, 7) is 1.55. The molecule has 0 aliphatic carbocycles. The average molecular weight is 360 g/mol. The van der Waals surface area contributed by atoms with E-state index < -0.39 is 12.0 Å². The van der Waals surface area contributed by atoms with Crippen LogP contribution in [0.5, 0.6) is 17.2 Å². The number of nitrogens with one attached hydrogen (secondary N) is 1. The lowest BCUT2D eigenvalue weighted by Gasteiger charge is -2.14. The number of ether oxygens (including phenoxy) is 3. The van der Waals surface area contributed by atoms with Crippen LogP contribution in [0.3, 0.4) is 0 Å². The monoisotopic (exact) mass is 360 g/mol. The molecule has 1 atom stereocenters. The Morgan fingerprint density at radius 2 is 1.85 bits per heavy atom. The molecule has 7 nitrogen and oxygen atoms in total. The van der Waals surface area contributed by atoms with Crippen molar-refractivity contribution in [3.05, 3.63) is 54.1 Å². The maximum atomic E-state index is 11.0. The highest BCUT2D eigenvalue weighted by atomic mass is 16.5. The Kier molecular flexibility index (Phi) is 7.73. The van der Waals surface area contributed by atoms with Crippen molar-refractivity contribution in [2.45, 2.75) is 6.10 Å². The predicted octanol–water partition coefficient (Wildman–Crippen LogP) is 1.20. The summed E-state index contributed by atoms with van der Waals surface area (Å²) in [5, 5.41) is 13.0. The molecule has 0 fully saturated rings. The molecule has 0 aliphatic heterocycles. The van der Waals surface area contributed by atoms with Gasteiger partial charge in [-0.1, -0.05) is 6.07 Å². The Hall–Kier alpha value is -2.77. The average Bonchev–Trinajstić information content (AvgIpc) is 2.66. The summed E-state index contributed by atoms with van der Waals surface area (Å²) in [5.74, 6) is 1.53. The number of rotatable bonds is 11. The zero-order valence-electron chi connectivity index (χ0n) is 14.7. The summed E-state index contributed by atoms with van der Waals surface area (Å²) < 4.78 is 16.2. The number of benzene rings is 2. The fourth-order valence-electron chi connectivity index (χ4n) is 2.17. The number of aliphatic hydroxyl groups excluding tert-OH is 1. The van der Waals surface area contributed by atoms with Crippen LogP contribution in [-0.2, 0) is 0 Å². The number of amides is 1. The quantitative estimate of drug-likeness (QED) is 0.521. The van der Waals surface area contributed by atoms with Gasteiger partial charge in [0.25, 0.3) is 0 Å². The molecule has 7 heteroatoms. The van der Waals surface area contributed by atoms with Crippen LogP contribution in [0.4, 0.5) is 0 Å². The third-order valence-electron chi connectivity index (χ3n) is 3.55. The Bertz CT molecular complexity index is 691. The first-order valence-corrected chi connectivity index (χ1v) is 8.27. The molecular weight excluding hydrogens is 336 g/mol. The van der Waals surface area contributed by atoms with Gasteiger partial charge >= 0.3 is 0 Å². The van der Waals surface area contributed by atoms with Crippen molar-refractivity contribution >= 4 is 5.91 Å². The molecule has 2 rings (SSSR count). The number of methoxy groups -OCH3 is 1. The van der Waals surface area contributed by atoms with Crippen LogP contribution in [0.25, 0.3) is 0 Å². The van der Waals surface area contributed by atoms with Gasteiger partial charge in [-0.25, -0.2) is 0 Å². The molecular formula is C19H24N2O5. The molecule has 0 saturated heterocycles. The van der Waals surface area contributed by atoms with Crippen molar-refractivity contribution in [2.75, 3.05) is 33.4 Å². The van der Waals surface area contributed by atoms with E-state index in [9.17, 15) is 9.90 Å². The predicted molar refractivity (Wildman–Crippen MR) is 97.8 cm³/mol. The van der Waals surface area contributed by atoms with E-state index in [1.165, 1.54) is 0 Å². The molecule has 0 aliphatic rings. The molecule has 0 spiro atoms. The van der Waals surface area contributed by atoms with Crippen LogP contribution < -0.4 is 25.3 Å². The van der Waals surface area contributed by atoms with Crippen LogP contribution in [0, 0.1) is 0 Å². The standard InChI is InChI=1S/C19H24N2O5/c1-24-17-3-2-4-18(11-17)26-13-15(22)12-21-9-10-25-16-7-5-14(6-8-16)19(20)23/h2-8,11,15,21-22H,9-10,12-13H2,1H3,(H2,20,23)/t15-/m1/s1. The normalized spacial score (nSPS) is 11.6. The molecule has 140 valence electrons. The first kappa shape index (κ1) is 19.6. The maximum absolute atomic E-state index is 11.0. The van der Waals surface area contributed by atoms with Gasteiger partial charge in [0.2, 0.25) is 5.91 Å². The van der Waals surface area contributed by atoms with Gasteiger partial charge in [0, 0.05) is 24.7 Å². The van der Waals surface area contributed by atoms with Gasteiger partial charge in [0.1, 0.15) is 36.6 Å². The number of hydrogen-bond donors (Lipinski definition) is 3. The smallest absolute Gasteiger partial charge is 0.248 e. The zero-order valence-corrected chi connectivity index (χ0v) is 14.7. The molecule has 0 radical (unpaired) electrons. The summed E-state index contributed by atoms with van der Waals surface area (Å²) in [7, 11) is 1.59. The second kappa shape index (κ2) is 10.3. The highest BCUT2D eigenvalue weighted by molar-refractivity contribution is 5.92. The number of nitrogens with two attached hydrogens (primary N) is 1. The highest BCUT2D eigenvalue weighted by Crippen LogP contribution is 2.18. The maximum Gasteiger partial charge on any atom is 0.248 e. The second-order valence-electron chi connectivity index (χ2n) is 5.59. The number of primary amides is 1. The summed E-state index contributed by atoms with van der Waals surface area (Å²) >= 11 is 0. The third kappa shape index (κ3) is 6.62. The largest absolute Gasteiger partial charge is 0.497 e. The number of aliphatic hydroxyl groups is 1. The van der Waals surface area contributed by atoms with Gasteiger partial charge in [-0.2, -0.15) is 0 Å². The molecule has 2 aromatic carbocycles. The van der Waals surface area contributed by atoms with Crippen molar-refractivity contribution in [1.82, 2.24) is 5.32 Å². The fraction of sp³-hybridized carbons (Fsp3) is 0.316. The van der Waals surface area contributed by atoms with Crippen LogP contribution in [-0.4, -0.2) is 50.5 Å². The van der Waals surface area contributed by atoms with E-state index in [0.29, 0.717) is 42.5 Å². The van der Waals surface area contributed by atoms with E-state index in [4.69, 9.17) is 19.9 Å². The fourth-order valence-corrected chi connectivity index (χ4v) is 2.17. The summed E-state index contributed by atoms with van der Waals surface area (Å²) in [6.07, 6.45) is -0.643. The number of hydrogen-bond acceptors (Lipinski definition) is 6. The summed E-state index contributed by atoms with van der Waals surface area (Å²) in [5.41, 5.74) is 5.62. The SMILES string of the molecule is COc1cccc(OC[C@H](O)CNCCOc2ccc(C(N)=O)cc2)c1. The molecule has 0 heterocycles. The third-order valence-corrected chi connectivity index (χ3v) is 3.55. The van der Waals surface area contributed by atoms with Crippen LogP contribution in [0.1, 0.15) is 10.4 Å². The van der Waals surface area contributed by atoms with Crippen molar-refractivity contribution in [3.8, 4) is 17.2 Å². The van der Waals surface area contributed by atoms with Gasteiger partial charge in [-0.3, -0.25) is 4.79 Å². The lowest BCUT2D eigenvalue weighted by Crippen LogP contribution is -2.33. The first-order valence-electron chi connectivity index (χ1n) is 8.27. The first-order chi connectivity index (χ1) is 12.6. The minimum Gasteiger partial charge on any atom is -0.497 e. The zero-order chi connectivity index (χ0) is 18.8.